The highest BCUT2D eigenvalue weighted by Gasteiger charge is 2.28. The zero-order valence-electron chi connectivity index (χ0n) is 10.6. The van der Waals surface area contributed by atoms with Crippen molar-refractivity contribution in [3.05, 3.63) is 17.5 Å². The van der Waals surface area contributed by atoms with E-state index in [2.05, 4.69) is 0 Å². The Morgan fingerprint density at radius 3 is 3.00 bits per heavy atom. The lowest BCUT2D eigenvalue weighted by Crippen LogP contribution is -2.45. The molecule has 0 saturated carbocycles. The Bertz CT molecular complexity index is 433. The van der Waals surface area contributed by atoms with E-state index in [1.165, 1.54) is 11.8 Å². The van der Waals surface area contributed by atoms with Gasteiger partial charge in [-0.05, 0) is 30.7 Å². The summed E-state index contributed by atoms with van der Waals surface area (Å²) in [6.45, 7) is 0.696. The molecule has 6 heteroatoms. The summed E-state index contributed by atoms with van der Waals surface area (Å²) < 4.78 is 1.13. The molecule has 104 valence electrons. The van der Waals surface area contributed by atoms with Gasteiger partial charge in [0.25, 0.3) is 0 Å². The van der Waals surface area contributed by atoms with E-state index >= 15 is 0 Å². The number of carbonyl (C=O) groups is 2. The van der Waals surface area contributed by atoms with Gasteiger partial charge in [0, 0.05) is 12.6 Å². The number of carboxylic acids is 1. The fraction of sp³-hybridized carbons (Fsp3) is 0.538. The zero-order chi connectivity index (χ0) is 13.7. The van der Waals surface area contributed by atoms with Crippen LogP contribution < -0.4 is 0 Å². The lowest BCUT2D eigenvalue weighted by molar-refractivity contribution is -0.141. The number of piperidine rings is 1. The van der Waals surface area contributed by atoms with Gasteiger partial charge in [-0.2, -0.15) is 0 Å². The summed E-state index contributed by atoms with van der Waals surface area (Å²) >= 11 is 3.15. The largest absolute Gasteiger partial charge is 0.481 e. The third kappa shape index (κ3) is 4.24. The Kier molecular flexibility index (Phi) is 5.27. The molecule has 0 spiro atoms. The monoisotopic (exact) mass is 299 g/mol. The van der Waals surface area contributed by atoms with Crippen LogP contribution in [0.25, 0.3) is 0 Å². The van der Waals surface area contributed by atoms with E-state index in [1.54, 1.807) is 16.2 Å². The molecule has 1 atom stereocenters. The van der Waals surface area contributed by atoms with Gasteiger partial charge >= 0.3 is 5.97 Å². The number of aliphatic carboxylic acids is 1. The van der Waals surface area contributed by atoms with Gasteiger partial charge < -0.3 is 10.0 Å². The molecule has 1 aliphatic heterocycles. The Morgan fingerprint density at radius 1 is 1.47 bits per heavy atom. The van der Waals surface area contributed by atoms with Crippen LogP contribution in [0.4, 0.5) is 0 Å². The molecule has 1 saturated heterocycles. The minimum atomic E-state index is -0.824. The van der Waals surface area contributed by atoms with E-state index in [0.29, 0.717) is 12.3 Å². The summed E-state index contributed by atoms with van der Waals surface area (Å²) in [5, 5.41) is 10.9. The molecule has 2 rings (SSSR count). The van der Waals surface area contributed by atoms with E-state index in [0.717, 1.165) is 23.5 Å². The number of thiophene rings is 1. The van der Waals surface area contributed by atoms with Gasteiger partial charge in [0.1, 0.15) is 0 Å². The second-order valence-electron chi connectivity index (χ2n) is 4.56. The number of amides is 1. The number of nitrogens with zero attached hydrogens (tertiary/aromatic N) is 1. The minimum absolute atomic E-state index is 0.0596. The van der Waals surface area contributed by atoms with E-state index < -0.39 is 5.97 Å². The maximum Gasteiger partial charge on any atom is 0.305 e. The van der Waals surface area contributed by atoms with Gasteiger partial charge in [-0.3, -0.25) is 9.59 Å². The molecule has 1 fully saturated rings. The van der Waals surface area contributed by atoms with Crippen molar-refractivity contribution in [1.82, 2.24) is 4.90 Å². The van der Waals surface area contributed by atoms with Crippen LogP contribution in [0.15, 0.2) is 21.7 Å². The molecular weight excluding hydrogens is 282 g/mol. The predicted octanol–water partition coefficient (Wildman–Crippen LogP) is 2.70. The van der Waals surface area contributed by atoms with Crippen LogP contribution in [-0.2, 0) is 9.59 Å². The molecule has 1 unspecified atom stereocenters. The third-order valence-electron chi connectivity index (χ3n) is 3.19. The number of hydrogen-bond donors (Lipinski definition) is 1. The van der Waals surface area contributed by atoms with E-state index in [9.17, 15) is 9.59 Å². The molecular formula is C13H17NO3S2. The van der Waals surface area contributed by atoms with Gasteiger partial charge in [0.05, 0.1) is 16.4 Å². The summed E-state index contributed by atoms with van der Waals surface area (Å²) in [7, 11) is 0. The Morgan fingerprint density at radius 2 is 2.32 bits per heavy atom. The van der Waals surface area contributed by atoms with Crippen molar-refractivity contribution < 1.29 is 14.7 Å². The van der Waals surface area contributed by atoms with Crippen molar-refractivity contribution in [1.29, 1.82) is 0 Å². The van der Waals surface area contributed by atoms with Crippen molar-refractivity contribution in [3.63, 3.8) is 0 Å². The fourth-order valence-corrected chi connectivity index (χ4v) is 3.97. The number of hydrogen-bond acceptors (Lipinski definition) is 4. The average Bonchev–Trinajstić information content (AvgIpc) is 2.89. The summed E-state index contributed by atoms with van der Waals surface area (Å²) in [6, 6.07) is 3.83. The lowest BCUT2D eigenvalue weighted by Gasteiger charge is -2.35. The van der Waals surface area contributed by atoms with Crippen molar-refractivity contribution in [2.45, 2.75) is 35.9 Å². The Hall–Kier alpha value is -1.01. The maximum absolute atomic E-state index is 12.2. The number of rotatable bonds is 5. The summed E-state index contributed by atoms with van der Waals surface area (Å²) in [6.07, 6.45) is 2.86. The van der Waals surface area contributed by atoms with Crippen LogP contribution in [0.3, 0.4) is 0 Å². The Labute approximate surface area is 120 Å². The van der Waals surface area contributed by atoms with Crippen molar-refractivity contribution >= 4 is 35.0 Å². The normalized spacial score (nSPS) is 19.4. The van der Waals surface area contributed by atoms with E-state index in [4.69, 9.17) is 5.11 Å². The predicted molar refractivity (Wildman–Crippen MR) is 76.6 cm³/mol. The van der Waals surface area contributed by atoms with Crippen molar-refractivity contribution in [2.75, 3.05) is 12.3 Å². The average molecular weight is 299 g/mol. The lowest BCUT2D eigenvalue weighted by atomic mass is 9.99. The van der Waals surface area contributed by atoms with Crippen LogP contribution in [0, 0.1) is 0 Å². The number of carbonyl (C=O) groups excluding carboxylic acids is 1. The molecule has 0 bridgehead atoms. The van der Waals surface area contributed by atoms with Crippen LogP contribution in [0.5, 0.6) is 0 Å². The fourth-order valence-electron chi connectivity index (χ4n) is 2.30. The quantitative estimate of drug-likeness (QED) is 0.849. The highest BCUT2D eigenvalue weighted by molar-refractivity contribution is 8.01. The summed E-state index contributed by atoms with van der Waals surface area (Å²) in [5.74, 6) is -0.364. The topological polar surface area (TPSA) is 57.6 Å². The molecule has 0 aromatic carbocycles. The molecule has 1 amide bonds. The van der Waals surface area contributed by atoms with Crippen LogP contribution >= 0.6 is 23.1 Å². The first kappa shape index (κ1) is 14.4. The maximum atomic E-state index is 12.2. The number of carboxylic acid groups (broad SMARTS) is 1. The van der Waals surface area contributed by atoms with Gasteiger partial charge in [-0.15, -0.1) is 23.1 Å². The SMILES string of the molecule is O=C(O)CC1CCCCN1C(=O)CSc1cccs1. The molecule has 1 aromatic rings. The van der Waals surface area contributed by atoms with Crippen molar-refractivity contribution in [2.24, 2.45) is 0 Å². The highest BCUT2D eigenvalue weighted by Crippen LogP contribution is 2.26. The Balaban J connectivity index is 1.89. The smallest absolute Gasteiger partial charge is 0.305 e. The summed E-state index contributed by atoms with van der Waals surface area (Å²) in [4.78, 5) is 24.8. The van der Waals surface area contributed by atoms with Crippen LogP contribution in [-0.4, -0.2) is 40.2 Å². The molecule has 0 radical (unpaired) electrons. The van der Waals surface area contributed by atoms with Gasteiger partial charge in [-0.25, -0.2) is 0 Å². The second-order valence-corrected chi connectivity index (χ2v) is 6.78. The molecule has 1 aromatic heterocycles. The van der Waals surface area contributed by atoms with Gasteiger partial charge in [0.15, 0.2) is 0 Å². The first-order valence-electron chi connectivity index (χ1n) is 6.34. The highest BCUT2D eigenvalue weighted by atomic mass is 32.2. The van der Waals surface area contributed by atoms with Gasteiger partial charge in [0.2, 0.25) is 5.91 Å². The molecule has 1 aliphatic rings. The van der Waals surface area contributed by atoms with Crippen LogP contribution in [0.1, 0.15) is 25.7 Å². The van der Waals surface area contributed by atoms with Crippen LogP contribution in [0.2, 0.25) is 0 Å². The first-order valence-corrected chi connectivity index (χ1v) is 8.21. The van der Waals surface area contributed by atoms with Crippen molar-refractivity contribution in [3.8, 4) is 0 Å². The van der Waals surface area contributed by atoms with E-state index in [-0.39, 0.29) is 18.4 Å². The third-order valence-corrected chi connectivity index (χ3v) is 5.31. The second kappa shape index (κ2) is 6.96. The first-order chi connectivity index (χ1) is 9.16. The summed E-state index contributed by atoms with van der Waals surface area (Å²) in [5.41, 5.74) is 0. The number of thioether (sulfide) groups is 1. The van der Waals surface area contributed by atoms with E-state index in [1.807, 2.05) is 17.5 Å². The molecule has 1 N–H and O–H groups in total. The minimum Gasteiger partial charge on any atom is -0.481 e. The molecule has 0 aliphatic carbocycles. The molecule has 2 heterocycles. The molecule has 19 heavy (non-hydrogen) atoms. The zero-order valence-corrected chi connectivity index (χ0v) is 12.2. The van der Waals surface area contributed by atoms with Gasteiger partial charge in [-0.1, -0.05) is 6.07 Å². The number of likely N-dealkylation sites (tertiary alicyclic amines) is 1. The standard InChI is InChI=1S/C13H17NO3S2/c15-11(9-19-13-5-3-7-18-13)14-6-2-1-4-10(14)8-12(16)17/h3,5,7,10H,1-2,4,6,8-9H2,(H,16,17). The molecule has 4 nitrogen and oxygen atoms in total.